The predicted molar refractivity (Wildman–Crippen MR) is 89.6 cm³/mol. The molecule has 2 heterocycles. The molecule has 0 radical (unpaired) electrons. The van der Waals surface area contributed by atoms with Gasteiger partial charge in [0.1, 0.15) is 5.02 Å². The maximum atomic E-state index is 13.2. The van der Waals surface area contributed by atoms with Crippen LogP contribution < -0.4 is 5.56 Å². The normalized spacial score (nSPS) is 11.6. The molecule has 0 unspecified atom stereocenters. The van der Waals surface area contributed by atoms with Crippen LogP contribution in [0.5, 0.6) is 0 Å². The number of hydrogen-bond donors (Lipinski definition) is 0. The van der Waals surface area contributed by atoms with Crippen molar-refractivity contribution < 1.29 is 18.0 Å². The average Bonchev–Trinajstić information content (AvgIpc) is 3.05. The van der Waals surface area contributed by atoms with E-state index < -0.39 is 23.0 Å². The molecule has 0 atom stereocenters. The monoisotopic (exact) mass is 401 g/mol. The molecule has 0 aliphatic rings. The van der Waals surface area contributed by atoms with Crippen LogP contribution in [0.2, 0.25) is 10.0 Å². The van der Waals surface area contributed by atoms with E-state index in [-0.39, 0.29) is 22.0 Å². The molecule has 0 saturated carbocycles. The summed E-state index contributed by atoms with van der Waals surface area (Å²) in [6.45, 7) is 0. The van der Waals surface area contributed by atoms with E-state index in [4.69, 9.17) is 23.2 Å². The lowest BCUT2D eigenvalue weighted by molar-refractivity contribution is -0.143. The van der Waals surface area contributed by atoms with E-state index in [2.05, 4.69) is 5.10 Å². The van der Waals surface area contributed by atoms with Crippen LogP contribution in [-0.4, -0.2) is 20.6 Å². The summed E-state index contributed by atoms with van der Waals surface area (Å²) >= 11 is 11.6. The number of alkyl halides is 3. The van der Waals surface area contributed by atoms with Crippen LogP contribution in [0, 0.1) is 0 Å². The van der Waals surface area contributed by atoms with Gasteiger partial charge in [0.15, 0.2) is 12.0 Å². The summed E-state index contributed by atoms with van der Waals surface area (Å²) in [4.78, 5) is 23.0. The van der Waals surface area contributed by atoms with Gasteiger partial charge in [-0.3, -0.25) is 14.2 Å². The first-order valence-electron chi connectivity index (χ1n) is 7.02. The van der Waals surface area contributed by atoms with Gasteiger partial charge in [-0.05, 0) is 30.3 Å². The maximum absolute atomic E-state index is 13.2. The van der Waals surface area contributed by atoms with E-state index in [1.165, 1.54) is 41.1 Å². The molecule has 5 nitrogen and oxygen atoms in total. The standard InChI is InChI=1S/C16H8Cl2F3N3O2/c17-12-5-6-23(15(26)13(12)18)10-1-3-11(4-2-10)24-14(16(19,20)21)9(8-25)7-22-24/h1-8H. The van der Waals surface area contributed by atoms with Crippen molar-refractivity contribution in [3.05, 3.63) is 74.4 Å². The minimum atomic E-state index is -4.76. The van der Waals surface area contributed by atoms with Crippen LogP contribution in [0.15, 0.2) is 47.5 Å². The first kappa shape index (κ1) is 18.2. The number of nitrogens with zero attached hydrogens (tertiary/aromatic N) is 3. The highest BCUT2D eigenvalue weighted by Crippen LogP contribution is 2.33. The van der Waals surface area contributed by atoms with Crippen molar-refractivity contribution >= 4 is 29.5 Å². The van der Waals surface area contributed by atoms with Crippen LogP contribution in [0.25, 0.3) is 11.4 Å². The summed E-state index contributed by atoms with van der Waals surface area (Å²) in [5, 5.41) is 3.56. The van der Waals surface area contributed by atoms with Crippen molar-refractivity contribution in [2.75, 3.05) is 0 Å². The third-order valence-electron chi connectivity index (χ3n) is 3.55. The molecule has 0 bridgehead atoms. The number of hydrogen-bond acceptors (Lipinski definition) is 3. The summed E-state index contributed by atoms with van der Waals surface area (Å²) in [5.74, 6) is 0. The lowest BCUT2D eigenvalue weighted by Crippen LogP contribution is -2.18. The minimum Gasteiger partial charge on any atom is -0.298 e. The first-order chi connectivity index (χ1) is 12.2. The van der Waals surface area contributed by atoms with Gasteiger partial charge in [0.2, 0.25) is 0 Å². The largest absolute Gasteiger partial charge is 0.434 e. The highest BCUT2D eigenvalue weighted by atomic mass is 35.5. The molecule has 0 amide bonds. The Morgan fingerprint density at radius 3 is 2.23 bits per heavy atom. The average molecular weight is 402 g/mol. The van der Waals surface area contributed by atoms with E-state index in [1.807, 2.05) is 0 Å². The van der Waals surface area contributed by atoms with Crippen LogP contribution >= 0.6 is 23.2 Å². The van der Waals surface area contributed by atoms with Crippen LogP contribution in [-0.2, 0) is 6.18 Å². The van der Waals surface area contributed by atoms with Crippen molar-refractivity contribution in [2.24, 2.45) is 0 Å². The Morgan fingerprint density at radius 2 is 1.65 bits per heavy atom. The van der Waals surface area contributed by atoms with Crippen molar-refractivity contribution in [1.82, 2.24) is 14.3 Å². The van der Waals surface area contributed by atoms with E-state index in [0.717, 1.165) is 6.20 Å². The Kier molecular flexibility index (Phi) is 4.64. The second-order valence-corrected chi connectivity index (χ2v) is 5.93. The maximum Gasteiger partial charge on any atom is 0.434 e. The number of halogens is 5. The minimum absolute atomic E-state index is 0.0716. The molecule has 10 heteroatoms. The number of rotatable bonds is 3. The van der Waals surface area contributed by atoms with E-state index >= 15 is 0 Å². The molecule has 26 heavy (non-hydrogen) atoms. The SMILES string of the molecule is O=Cc1cnn(-c2ccc(-n3ccc(Cl)c(Cl)c3=O)cc2)c1C(F)(F)F. The van der Waals surface area contributed by atoms with Gasteiger partial charge in [-0.1, -0.05) is 23.2 Å². The summed E-state index contributed by atoms with van der Waals surface area (Å²) in [6, 6.07) is 6.93. The topological polar surface area (TPSA) is 56.9 Å². The Labute approximate surface area is 154 Å². The second-order valence-electron chi connectivity index (χ2n) is 5.15. The van der Waals surface area contributed by atoms with E-state index in [0.29, 0.717) is 10.4 Å². The summed E-state index contributed by atoms with van der Waals surface area (Å²) < 4.78 is 41.4. The Bertz CT molecular complexity index is 1040. The summed E-state index contributed by atoms with van der Waals surface area (Å²) in [5.41, 5.74) is -1.87. The summed E-state index contributed by atoms with van der Waals surface area (Å²) in [6.07, 6.45) is -2.43. The van der Waals surface area contributed by atoms with Crippen LogP contribution in [0.1, 0.15) is 16.1 Å². The quantitative estimate of drug-likeness (QED) is 0.619. The van der Waals surface area contributed by atoms with Crippen molar-refractivity contribution in [2.45, 2.75) is 6.18 Å². The van der Waals surface area contributed by atoms with Gasteiger partial charge in [0.25, 0.3) is 5.56 Å². The molecular weight excluding hydrogens is 394 g/mol. The smallest absolute Gasteiger partial charge is 0.298 e. The fraction of sp³-hybridized carbons (Fsp3) is 0.0625. The van der Waals surface area contributed by atoms with Crippen molar-refractivity contribution in [1.29, 1.82) is 0 Å². The molecule has 3 aromatic rings. The fourth-order valence-corrected chi connectivity index (χ4v) is 2.66. The van der Waals surface area contributed by atoms with Gasteiger partial charge in [-0.25, -0.2) is 4.68 Å². The number of aromatic nitrogens is 3. The molecule has 1 aromatic carbocycles. The summed E-state index contributed by atoms with van der Waals surface area (Å²) in [7, 11) is 0. The van der Waals surface area contributed by atoms with Crippen LogP contribution in [0.4, 0.5) is 13.2 Å². The lowest BCUT2D eigenvalue weighted by Gasteiger charge is -2.12. The molecule has 0 spiro atoms. The molecule has 0 N–H and O–H groups in total. The van der Waals surface area contributed by atoms with Gasteiger partial charge in [0.05, 0.1) is 22.5 Å². The van der Waals surface area contributed by atoms with Crippen molar-refractivity contribution in [3.63, 3.8) is 0 Å². The molecule has 0 saturated heterocycles. The zero-order chi connectivity index (χ0) is 19.1. The Morgan fingerprint density at radius 1 is 1.04 bits per heavy atom. The van der Waals surface area contributed by atoms with Gasteiger partial charge >= 0.3 is 6.18 Å². The zero-order valence-corrected chi connectivity index (χ0v) is 14.2. The third kappa shape index (κ3) is 3.13. The zero-order valence-electron chi connectivity index (χ0n) is 12.7. The molecule has 3 rings (SSSR count). The fourth-order valence-electron chi connectivity index (χ4n) is 2.37. The molecular formula is C16H8Cl2F3N3O2. The molecule has 0 aliphatic heterocycles. The van der Waals surface area contributed by atoms with Gasteiger partial charge in [-0.15, -0.1) is 0 Å². The molecule has 0 aliphatic carbocycles. The number of carbonyl (C=O) groups is 1. The highest BCUT2D eigenvalue weighted by molar-refractivity contribution is 6.41. The second kappa shape index (κ2) is 6.62. The number of aldehydes is 1. The van der Waals surface area contributed by atoms with Gasteiger partial charge < -0.3 is 0 Å². The van der Waals surface area contributed by atoms with E-state index in [1.54, 1.807) is 0 Å². The molecule has 2 aromatic heterocycles. The van der Waals surface area contributed by atoms with Gasteiger partial charge in [0, 0.05) is 11.9 Å². The number of pyridine rings is 1. The molecule has 0 fully saturated rings. The van der Waals surface area contributed by atoms with Crippen LogP contribution in [0.3, 0.4) is 0 Å². The Hall–Kier alpha value is -2.58. The number of carbonyl (C=O) groups excluding carboxylic acids is 1. The van der Waals surface area contributed by atoms with E-state index in [9.17, 15) is 22.8 Å². The third-order valence-corrected chi connectivity index (χ3v) is 4.33. The Balaban J connectivity index is 2.08. The predicted octanol–water partition coefficient (Wildman–Crippen LogP) is 4.16. The number of benzene rings is 1. The van der Waals surface area contributed by atoms with Crippen molar-refractivity contribution in [3.8, 4) is 11.4 Å². The first-order valence-corrected chi connectivity index (χ1v) is 7.77. The van der Waals surface area contributed by atoms with Gasteiger partial charge in [-0.2, -0.15) is 18.3 Å². The highest BCUT2D eigenvalue weighted by Gasteiger charge is 2.38. The lowest BCUT2D eigenvalue weighted by atomic mass is 10.2. The molecule has 134 valence electrons.